The molecule has 23 heavy (non-hydrogen) atoms. The maximum absolute atomic E-state index is 5.38. The lowest BCUT2D eigenvalue weighted by Crippen LogP contribution is -2.18. The number of hydrogen-bond acceptors (Lipinski definition) is 4. The zero-order valence-corrected chi connectivity index (χ0v) is 13.7. The van der Waals surface area contributed by atoms with Gasteiger partial charge in [0.25, 0.3) is 0 Å². The van der Waals surface area contributed by atoms with Crippen LogP contribution < -0.4 is 15.0 Å². The summed E-state index contributed by atoms with van der Waals surface area (Å²) in [6, 6.07) is 16.5. The third kappa shape index (κ3) is 3.06. The maximum Gasteiger partial charge on any atom is 0.136 e. The number of benzene rings is 2. The molecule has 0 bridgehead atoms. The molecule has 1 N–H and O–H groups in total. The van der Waals surface area contributed by atoms with E-state index >= 15 is 0 Å². The summed E-state index contributed by atoms with van der Waals surface area (Å²) < 4.78 is 5.38. The summed E-state index contributed by atoms with van der Waals surface area (Å²) >= 11 is 0. The first-order valence-corrected chi connectivity index (χ1v) is 7.62. The second-order valence-corrected chi connectivity index (χ2v) is 5.50. The average molecular weight is 307 g/mol. The molecule has 4 nitrogen and oxygen atoms in total. The lowest BCUT2D eigenvalue weighted by Gasteiger charge is -2.21. The number of methoxy groups -OCH3 is 1. The Kier molecular flexibility index (Phi) is 4.33. The fourth-order valence-electron chi connectivity index (χ4n) is 2.77. The fourth-order valence-corrected chi connectivity index (χ4v) is 2.77. The van der Waals surface area contributed by atoms with Crippen LogP contribution in [0.25, 0.3) is 10.8 Å². The first kappa shape index (κ1) is 15.2. The van der Waals surface area contributed by atoms with Crippen LogP contribution in [0.5, 0.6) is 5.75 Å². The highest BCUT2D eigenvalue weighted by Gasteiger charge is 2.12. The third-order valence-corrected chi connectivity index (χ3v) is 3.97. The molecule has 4 heteroatoms. The predicted octanol–water partition coefficient (Wildman–Crippen LogP) is 3.92. The van der Waals surface area contributed by atoms with Crippen LogP contribution in [0.3, 0.4) is 0 Å². The molecule has 0 unspecified atom stereocenters. The average Bonchev–Trinajstić information content (AvgIpc) is 2.61. The van der Waals surface area contributed by atoms with Crippen LogP contribution in [0, 0.1) is 0 Å². The molecule has 0 fully saturated rings. The number of pyridine rings is 1. The van der Waals surface area contributed by atoms with Crippen LogP contribution in [-0.2, 0) is 6.54 Å². The van der Waals surface area contributed by atoms with Gasteiger partial charge in [-0.05, 0) is 23.8 Å². The Morgan fingerprint density at radius 1 is 1.09 bits per heavy atom. The quantitative estimate of drug-likeness (QED) is 0.775. The van der Waals surface area contributed by atoms with Crippen LogP contribution >= 0.6 is 0 Å². The minimum atomic E-state index is 0.805. The number of ether oxygens (including phenoxy) is 1. The van der Waals surface area contributed by atoms with E-state index in [-0.39, 0.29) is 0 Å². The summed E-state index contributed by atoms with van der Waals surface area (Å²) in [4.78, 5) is 6.82. The van der Waals surface area contributed by atoms with Crippen LogP contribution in [0.2, 0.25) is 0 Å². The van der Waals surface area contributed by atoms with Gasteiger partial charge in [0.15, 0.2) is 0 Å². The van der Waals surface area contributed by atoms with Gasteiger partial charge in [0.2, 0.25) is 0 Å². The van der Waals surface area contributed by atoms with Crippen molar-refractivity contribution in [1.29, 1.82) is 0 Å². The van der Waals surface area contributed by atoms with Crippen molar-refractivity contribution in [2.24, 2.45) is 0 Å². The molecule has 0 radical (unpaired) electrons. The molecule has 0 atom stereocenters. The Morgan fingerprint density at radius 3 is 2.57 bits per heavy atom. The van der Waals surface area contributed by atoms with Crippen LogP contribution in [-0.4, -0.2) is 26.2 Å². The van der Waals surface area contributed by atoms with Gasteiger partial charge in [0, 0.05) is 31.4 Å². The van der Waals surface area contributed by atoms with E-state index in [1.54, 1.807) is 7.11 Å². The van der Waals surface area contributed by atoms with Crippen molar-refractivity contribution in [2.75, 3.05) is 31.4 Å². The number of rotatable bonds is 5. The first-order chi connectivity index (χ1) is 11.2. The Morgan fingerprint density at radius 2 is 1.87 bits per heavy atom. The lowest BCUT2D eigenvalue weighted by molar-refractivity contribution is 0.415. The minimum Gasteiger partial charge on any atom is -0.497 e. The van der Waals surface area contributed by atoms with E-state index in [1.807, 2.05) is 31.4 Å². The molecule has 0 aliphatic heterocycles. The van der Waals surface area contributed by atoms with E-state index in [0.29, 0.717) is 0 Å². The molecule has 3 rings (SSSR count). The van der Waals surface area contributed by atoms with Crippen molar-refractivity contribution in [2.45, 2.75) is 6.54 Å². The Bertz CT molecular complexity index is 802. The van der Waals surface area contributed by atoms with Gasteiger partial charge in [-0.3, -0.25) is 0 Å². The van der Waals surface area contributed by atoms with Gasteiger partial charge in [-0.1, -0.05) is 30.3 Å². The van der Waals surface area contributed by atoms with E-state index in [4.69, 9.17) is 4.74 Å². The van der Waals surface area contributed by atoms with Crippen LogP contribution in [0.1, 0.15) is 5.56 Å². The molecule has 0 aliphatic rings. The summed E-state index contributed by atoms with van der Waals surface area (Å²) in [5.74, 6) is 1.78. The number of anilines is 2. The van der Waals surface area contributed by atoms with Gasteiger partial charge in [-0.25, -0.2) is 4.98 Å². The molecule has 1 heterocycles. The Labute approximate surface area is 136 Å². The Hall–Kier alpha value is -2.75. The fraction of sp³-hybridized carbons (Fsp3) is 0.211. The Balaban J connectivity index is 2.05. The van der Waals surface area contributed by atoms with Crippen molar-refractivity contribution >= 4 is 22.3 Å². The molecule has 0 saturated heterocycles. The van der Waals surface area contributed by atoms with Gasteiger partial charge < -0.3 is 15.0 Å². The number of nitrogens with zero attached hydrogens (tertiary/aromatic N) is 2. The minimum absolute atomic E-state index is 0.805. The van der Waals surface area contributed by atoms with Gasteiger partial charge in [-0.2, -0.15) is 0 Å². The summed E-state index contributed by atoms with van der Waals surface area (Å²) in [6.07, 6.45) is 1.88. The van der Waals surface area contributed by atoms with Crippen molar-refractivity contribution in [3.05, 3.63) is 60.3 Å². The summed E-state index contributed by atoms with van der Waals surface area (Å²) in [7, 11) is 5.66. The molecular formula is C19H21N3O. The second kappa shape index (κ2) is 6.57. The number of nitrogens with one attached hydrogen (secondary N) is 1. The summed E-state index contributed by atoms with van der Waals surface area (Å²) in [5.41, 5.74) is 2.27. The van der Waals surface area contributed by atoms with E-state index < -0.39 is 0 Å². The van der Waals surface area contributed by atoms with Gasteiger partial charge in [0.1, 0.15) is 11.6 Å². The standard InChI is InChI=1S/C19H21N3O/c1-20-18-12-21-19(17-11-15(23-3)9-10-16(17)18)22(2)13-14-7-5-4-6-8-14/h4-12,20H,13H2,1-3H3. The van der Waals surface area contributed by atoms with Crippen LogP contribution in [0.4, 0.5) is 11.5 Å². The van der Waals surface area contributed by atoms with Gasteiger partial charge in [-0.15, -0.1) is 0 Å². The zero-order chi connectivity index (χ0) is 16.2. The third-order valence-electron chi connectivity index (χ3n) is 3.97. The monoisotopic (exact) mass is 307 g/mol. The summed E-state index contributed by atoms with van der Waals surface area (Å²) in [5, 5.41) is 5.42. The highest BCUT2D eigenvalue weighted by Crippen LogP contribution is 2.32. The normalized spacial score (nSPS) is 10.6. The van der Waals surface area contributed by atoms with E-state index in [9.17, 15) is 0 Å². The lowest BCUT2D eigenvalue weighted by atomic mass is 10.1. The van der Waals surface area contributed by atoms with Crippen LogP contribution in [0.15, 0.2) is 54.7 Å². The molecule has 0 amide bonds. The van der Waals surface area contributed by atoms with Crippen molar-refractivity contribution < 1.29 is 4.74 Å². The number of hydrogen-bond donors (Lipinski definition) is 1. The molecule has 0 saturated carbocycles. The highest BCUT2D eigenvalue weighted by atomic mass is 16.5. The SMILES string of the molecule is CNc1cnc(N(C)Cc2ccccc2)c2cc(OC)ccc12. The van der Waals surface area contributed by atoms with E-state index in [0.717, 1.165) is 34.6 Å². The highest BCUT2D eigenvalue weighted by molar-refractivity contribution is 6.00. The largest absolute Gasteiger partial charge is 0.497 e. The van der Waals surface area contributed by atoms with Gasteiger partial charge >= 0.3 is 0 Å². The molecule has 0 aliphatic carbocycles. The molecular weight excluding hydrogens is 286 g/mol. The van der Waals surface area contributed by atoms with Crippen molar-refractivity contribution in [3.63, 3.8) is 0 Å². The van der Waals surface area contributed by atoms with Crippen molar-refractivity contribution in [3.8, 4) is 5.75 Å². The van der Waals surface area contributed by atoms with E-state index in [1.165, 1.54) is 5.56 Å². The first-order valence-electron chi connectivity index (χ1n) is 7.62. The summed E-state index contributed by atoms with van der Waals surface area (Å²) in [6.45, 7) is 0.805. The molecule has 0 spiro atoms. The second-order valence-electron chi connectivity index (χ2n) is 5.50. The van der Waals surface area contributed by atoms with E-state index in [2.05, 4.69) is 52.6 Å². The molecule has 2 aromatic carbocycles. The maximum atomic E-state index is 5.38. The molecule has 3 aromatic rings. The molecule has 118 valence electrons. The predicted molar refractivity (Wildman–Crippen MR) is 96.4 cm³/mol. The smallest absolute Gasteiger partial charge is 0.136 e. The number of fused-ring (bicyclic) bond motifs is 1. The van der Waals surface area contributed by atoms with Gasteiger partial charge in [0.05, 0.1) is 19.0 Å². The molecule has 1 aromatic heterocycles. The van der Waals surface area contributed by atoms with Crippen molar-refractivity contribution in [1.82, 2.24) is 4.98 Å². The topological polar surface area (TPSA) is 37.4 Å². The zero-order valence-electron chi connectivity index (χ0n) is 13.7. The number of aromatic nitrogens is 1.